The molecular formula is C37H69NO12S4. The molecule has 17 heteroatoms. The summed E-state index contributed by atoms with van der Waals surface area (Å²) in [7, 11) is 0. The SMILES string of the molecule is CC(C)CC(=O)OCC(O)CCSCCCSCCC(O)COC(=O)CCCN(CCCC(=O)OCC(O)SC(C)C)C(=O)OCC(O)CCSC(C)C. The van der Waals surface area contributed by atoms with Crippen molar-refractivity contribution in [2.24, 2.45) is 5.92 Å². The molecular weight excluding hydrogens is 779 g/mol. The zero-order valence-corrected chi connectivity index (χ0v) is 36.6. The lowest BCUT2D eigenvalue weighted by molar-refractivity contribution is -0.148. The third kappa shape index (κ3) is 34.2. The highest BCUT2D eigenvalue weighted by molar-refractivity contribution is 8.00. The van der Waals surface area contributed by atoms with Crippen molar-refractivity contribution in [2.75, 3.05) is 68.3 Å². The first kappa shape index (κ1) is 52.9. The van der Waals surface area contributed by atoms with Crippen molar-refractivity contribution in [1.29, 1.82) is 0 Å². The van der Waals surface area contributed by atoms with Gasteiger partial charge < -0.3 is 44.3 Å². The average molecular weight is 848 g/mol. The Hall–Kier alpha value is -1.08. The normalized spacial score (nSPS) is 13.8. The fraction of sp³-hybridized carbons (Fsp3) is 0.892. The highest BCUT2D eigenvalue weighted by atomic mass is 32.2. The molecule has 4 unspecified atom stereocenters. The van der Waals surface area contributed by atoms with Gasteiger partial charge in [0.1, 0.15) is 31.9 Å². The Morgan fingerprint density at radius 3 is 1.50 bits per heavy atom. The van der Waals surface area contributed by atoms with Gasteiger partial charge in [0, 0.05) is 37.6 Å². The summed E-state index contributed by atoms with van der Waals surface area (Å²) >= 11 is 6.45. The fourth-order valence-corrected chi connectivity index (χ4v) is 8.23. The number of ether oxygens (including phenoxy) is 4. The van der Waals surface area contributed by atoms with Gasteiger partial charge in [-0.15, -0.1) is 11.8 Å². The number of amides is 1. The van der Waals surface area contributed by atoms with Gasteiger partial charge in [-0.05, 0) is 78.5 Å². The Morgan fingerprint density at radius 1 is 0.556 bits per heavy atom. The molecule has 1 amide bonds. The van der Waals surface area contributed by atoms with Crippen LogP contribution in [0.4, 0.5) is 4.79 Å². The maximum absolute atomic E-state index is 12.9. The fourth-order valence-electron chi connectivity index (χ4n) is 4.41. The minimum atomic E-state index is -0.814. The number of aliphatic hydroxyl groups excluding tert-OH is 4. The Kier molecular flexibility index (Phi) is 33.3. The van der Waals surface area contributed by atoms with Crippen LogP contribution in [0.15, 0.2) is 0 Å². The van der Waals surface area contributed by atoms with Crippen molar-refractivity contribution in [1.82, 2.24) is 4.90 Å². The van der Waals surface area contributed by atoms with Crippen molar-refractivity contribution in [3.8, 4) is 0 Å². The third-order valence-electron chi connectivity index (χ3n) is 7.21. The Bertz CT molecular complexity index is 995. The minimum Gasteiger partial charge on any atom is -0.463 e. The predicted octanol–water partition coefficient (Wildman–Crippen LogP) is 5.37. The molecule has 13 nitrogen and oxygen atoms in total. The Balaban J connectivity index is 4.37. The maximum Gasteiger partial charge on any atom is 0.409 e. The smallest absolute Gasteiger partial charge is 0.409 e. The van der Waals surface area contributed by atoms with Crippen LogP contribution >= 0.6 is 47.0 Å². The van der Waals surface area contributed by atoms with Crippen molar-refractivity contribution in [2.45, 2.75) is 134 Å². The van der Waals surface area contributed by atoms with Crippen LogP contribution in [0.1, 0.15) is 99.3 Å². The molecule has 0 aliphatic heterocycles. The van der Waals surface area contributed by atoms with Gasteiger partial charge in [-0.25, -0.2) is 4.79 Å². The summed E-state index contributed by atoms with van der Waals surface area (Å²) in [5, 5.41) is 41.0. The molecule has 0 aliphatic carbocycles. The lowest BCUT2D eigenvalue weighted by Gasteiger charge is -2.23. The highest BCUT2D eigenvalue weighted by Gasteiger charge is 2.19. The van der Waals surface area contributed by atoms with Gasteiger partial charge in [0.15, 0.2) is 0 Å². The van der Waals surface area contributed by atoms with Gasteiger partial charge in [-0.3, -0.25) is 14.4 Å². The van der Waals surface area contributed by atoms with Crippen LogP contribution in [0, 0.1) is 5.92 Å². The van der Waals surface area contributed by atoms with Crippen molar-refractivity contribution in [3.63, 3.8) is 0 Å². The summed E-state index contributed by atoms with van der Waals surface area (Å²) in [5.41, 5.74) is -0.814. The summed E-state index contributed by atoms with van der Waals surface area (Å²) < 4.78 is 20.8. The maximum atomic E-state index is 12.9. The summed E-state index contributed by atoms with van der Waals surface area (Å²) in [4.78, 5) is 50.4. The standard InChI is InChI=1S/C37H69NO12S4/c1-27(2)22-35(44)48-24-31(40)13-20-52-18-9-17-51-19-12-30(39)23-47-33(42)10-7-15-38(37(46)50-25-32(41)14-21-53-28(3)4)16-8-11-34(43)49-26-36(45)54-29(5)6/h27-32,36,39-41,45H,7-26H2,1-6H3. The zero-order chi connectivity index (χ0) is 40.7. The number of hydrogen-bond donors (Lipinski definition) is 4. The Labute approximate surface area is 340 Å². The molecule has 0 aromatic heterocycles. The van der Waals surface area contributed by atoms with E-state index in [2.05, 4.69) is 13.8 Å². The average Bonchev–Trinajstić information content (AvgIpc) is 3.09. The number of thioether (sulfide) groups is 4. The van der Waals surface area contributed by atoms with Gasteiger partial charge in [0.25, 0.3) is 0 Å². The molecule has 0 spiro atoms. The molecule has 0 heterocycles. The lowest BCUT2D eigenvalue weighted by Crippen LogP contribution is -2.36. The van der Waals surface area contributed by atoms with E-state index in [0.717, 1.165) is 35.2 Å². The number of carbonyl (C=O) groups is 4. The van der Waals surface area contributed by atoms with Crippen LogP contribution in [0.3, 0.4) is 0 Å². The zero-order valence-electron chi connectivity index (χ0n) is 33.3. The van der Waals surface area contributed by atoms with E-state index in [0.29, 0.717) is 30.9 Å². The second kappa shape index (κ2) is 34.0. The van der Waals surface area contributed by atoms with E-state index in [1.807, 2.05) is 27.7 Å². The summed E-state index contributed by atoms with van der Waals surface area (Å²) in [6.07, 6.45) is 0.569. The van der Waals surface area contributed by atoms with E-state index in [1.54, 1.807) is 35.3 Å². The molecule has 0 aliphatic rings. The van der Waals surface area contributed by atoms with Crippen LogP contribution in [0.5, 0.6) is 0 Å². The van der Waals surface area contributed by atoms with Crippen LogP contribution in [-0.2, 0) is 33.3 Å². The number of hydrogen-bond acceptors (Lipinski definition) is 16. The first-order chi connectivity index (χ1) is 25.6. The molecule has 4 N–H and O–H groups in total. The monoisotopic (exact) mass is 847 g/mol. The van der Waals surface area contributed by atoms with Crippen LogP contribution in [-0.4, -0.2) is 152 Å². The van der Waals surface area contributed by atoms with Gasteiger partial charge in [0.2, 0.25) is 0 Å². The molecule has 4 atom stereocenters. The summed E-state index contributed by atoms with van der Waals surface area (Å²) in [5.74, 6) is 3.06. The highest BCUT2D eigenvalue weighted by Crippen LogP contribution is 2.16. The second-order valence-electron chi connectivity index (χ2n) is 13.9. The van der Waals surface area contributed by atoms with Gasteiger partial charge in [-0.2, -0.15) is 35.3 Å². The van der Waals surface area contributed by atoms with Crippen molar-refractivity contribution >= 4 is 71.0 Å². The van der Waals surface area contributed by atoms with E-state index in [1.165, 1.54) is 16.7 Å². The number of nitrogens with zero attached hydrogens (tertiary/aromatic N) is 1. The van der Waals surface area contributed by atoms with E-state index in [4.69, 9.17) is 18.9 Å². The topological polar surface area (TPSA) is 189 Å². The summed E-state index contributed by atoms with van der Waals surface area (Å²) in [6.45, 7) is 11.8. The number of esters is 3. The molecule has 0 aromatic rings. The van der Waals surface area contributed by atoms with Crippen molar-refractivity contribution in [3.05, 3.63) is 0 Å². The van der Waals surface area contributed by atoms with E-state index >= 15 is 0 Å². The number of rotatable bonds is 34. The van der Waals surface area contributed by atoms with Gasteiger partial charge >= 0.3 is 24.0 Å². The van der Waals surface area contributed by atoms with Crippen LogP contribution in [0.2, 0.25) is 0 Å². The van der Waals surface area contributed by atoms with Gasteiger partial charge in [0.05, 0.1) is 18.3 Å². The molecule has 0 radical (unpaired) electrons. The lowest BCUT2D eigenvalue weighted by atomic mass is 10.1. The largest absolute Gasteiger partial charge is 0.463 e. The first-order valence-corrected chi connectivity index (χ1v) is 23.4. The predicted molar refractivity (Wildman–Crippen MR) is 221 cm³/mol. The molecule has 0 rings (SSSR count). The number of carbonyl (C=O) groups excluding carboxylic acids is 4. The van der Waals surface area contributed by atoms with E-state index in [-0.39, 0.29) is 82.3 Å². The van der Waals surface area contributed by atoms with Gasteiger partial charge in [-0.1, -0.05) is 41.5 Å². The van der Waals surface area contributed by atoms with E-state index in [9.17, 15) is 39.6 Å². The quantitative estimate of drug-likeness (QED) is 0.0280. The molecule has 0 aromatic carbocycles. The second-order valence-corrected chi connectivity index (χ2v) is 19.8. The molecule has 0 fully saturated rings. The van der Waals surface area contributed by atoms with Crippen LogP contribution < -0.4 is 0 Å². The van der Waals surface area contributed by atoms with Crippen LogP contribution in [0.25, 0.3) is 0 Å². The molecule has 0 saturated carbocycles. The Morgan fingerprint density at radius 2 is 1.02 bits per heavy atom. The summed E-state index contributed by atoms with van der Waals surface area (Å²) in [6, 6.07) is 0. The van der Waals surface area contributed by atoms with E-state index < -0.39 is 41.8 Å². The third-order valence-corrected chi connectivity index (χ3v) is 11.5. The van der Waals surface area contributed by atoms with Crippen molar-refractivity contribution < 1.29 is 58.6 Å². The molecule has 318 valence electrons. The number of aliphatic hydroxyl groups is 4. The first-order valence-electron chi connectivity index (χ1n) is 19.1. The minimum absolute atomic E-state index is 0.0196. The molecule has 0 bridgehead atoms. The molecule has 54 heavy (non-hydrogen) atoms. The molecule has 0 saturated heterocycles.